The van der Waals surface area contributed by atoms with Gasteiger partial charge in [0.05, 0.1) is 19.7 Å². The molecule has 1 aliphatic rings. The number of hydrogen-bond donors (Lipinski definition) is 0. The number of anilines is 1. The Hall–Kier alpha value is -3.05. The van der Waals surface area contributed by atoms with Gasteiger partial charge in [-0.2, -0.15) is 0 Å². The monoisotopic (exact) mass is 433 g/mol. The van der Waals surface area contributed by atoms with Gasteiger partial charge in [0.2, 0.25) is 0 Å². The molecule has 1 saturated heterocycles. The van der Waals surface area contributed by atoms with E-state index in [1.54, 1.807) is 14.2 Å². The molecule has 0 atom stereocenters. The Morgan fingerprint density at radius 2 is 1.52 bits per heavy atom. The second-order valence-electron chi connectivity index (χ2n) is 7.85. The molecule has 2 aromatic carbocycles. The molecule has 0 bridgehead atoms. The zero-order valence-electron chi connectivity index (χ0n) is 17.7. The third kappa shape index (κ3) is 3.74. The lowest BCUT2D eigenvalue weighted by Crippen LogP contribution is -2.30. The summed E-state index contributed by atoms with van der Waals surface area (Å²) in [6.45, 7) is 2.02. The van der Waals surface area contributed by atoms with Gasteiger partial charge in [0.1, 0.15) is 5.82 Å². The molecule has 5 nitrogen and oxygen atoms in total. The molecular weight excluding hydrogens is 410 g/mol. The lowest BCUT2D eigenvalue weighted by Gasteiger charge is -2.29. The predicted molar refractivity (Wildman–Crippen MR) is 127 cm³/mol. The first kappa shape index (κ1) is 19.9. The van der Waals surface area contributed by atoms with Crippen LogP contribution in [0.4, 0.5) is 5.82 Å². The second-order valence-corrected chi connectivity index (χ2v) is 8.29. The summed E-state index contributed by atoms with van der Waals surface area (Å²) in [6.07, 6.45) is 3.63. The van der Waals surface area contributed by atoms with Gasteiger partial charge in [0.15, 0.2) is 17.1 Å². The Kier molecular flexibility index (Phi) is 5.28. The smallest absolute Gasteiger partial charge is 0.162 e. The lowest BCUT2D eigenvalue weighted by molar-refractivity contribution is 0.356. The summed E-state index contributed by atoms with van der Waals surface area (Å²) in [5.74, 6) is 2.34. The predicted octanol–water partition coefficient (Wildman–Crippen LogP) is 6.11. The number of aromatic nitrogens is 2. The van der Waals surface area contributed by atoms with E-state index in [-0.39, 0.29) is 0 Å². The fourth-order valence-corrected chi connectivity index (χ4v) is 4.40. The Bertz CT molecular complexity index is 1250. The van der Waals surface area contributed by atoms with Crippen molar-refractivity contribution < 1.29 is 9.47 Å². The minimum atomic E-state index is 0.663. The molecule has 0 N–H and O–H groups in total. The maximum Gasteiger partial charge on any atom is 0.162 e. The van der Waals surface area contributed by atoms with Crippen molar-refractivity contribution in [1.29, 1.82) is 0 Å². The number of ether oxygens (including phenoxy) is 2. The lowest BCUT2D eigenvalue weighted by atomic mass is 10.0. The SMILES string of the molecule is COc1cc2cc3cc(-c4ccc(Cl)cc4)c(N4CCCCC4)nc3nc2cc1OC. The first-order valence-corrected chi connectivity index (χ1v) is 10.9. The van der Waals surface area contributed by atoms with Gasteiger partial charge in [-0.1, -0.05) is 23.7 Å². The van der Waals surface area contributed by atoms with Crippen LogP contribution in [-0.4, -0.2) is 37.3 Å². The molecular formula is C25H24ClN3O2. The normalized spacial score (nSPS) is 14.2. The molecule has 1 aliphatic heterocycles. The molecule has 0 aliphatic carbocycles. The molecule has 6 heteroatoms. The number of benzene rings is 2. The van der Waals surface area contributed by atoms with Crippen LogP contribution in [0.3, 0.4) is 0 Å². The van der Waals surface area contributed by atoms with E-state index in [1.165, 1.54) is 19.3 Å². The van der Waals surface area contributed by atoms with Gasteiger partial charge in [-0.15, -0.1) is 0 Å². The Labute approximate surface area is 186 Å². The van der Waals surface area contributed by atoms with Crippen molar-refractivity contribution in [3.63, 3.8) is 0 Å². The largest absolute Gasteiger partial charge is 0.493 e. The highest BCUT2D eigenvalue weighted by atomic mass is 35.5. The molecule has 0 spiro atoms. The topological polar surface area (TPSA) is 47.5 Å². The van der Waals surface area contributed by atoms with Crippen molar-refractivity contribution in [3.8, 4) is 22.6 Å². The average Bonchev–Trinajstić information content (AvgIpc) is 2.82. The van der Waals surface area contributed by atoms with E-state index in [0.29, 0.717) is 11.5 Å². The summed E-state index contributed by atoms with van der Waals surface area (Å²) in [4.78, 5) is 12.3. The Morgan fingerprint density at radius 1 is 0.806 bits per heavy atom. The molecule has 5 rings (SSSR count). The van der Waals surface area contributed by atoms with Crippen LogP contribution in [0, 0.1) is 0 Å². The Morgan fingerprint density at radius 3 is 2.23 bits per heavy atom. The molecule has 31 heavy (non-hydrogen) atoms. The van der Waals surface area contributed by atoms with E-state index in [4.69, 9.17) is 31.0 Å². The maximum atomic E-state index is 6.14. The van der Waals surface area contributed by atoms with Crippen LogP contribution < -0.4 is 14.4 Å². The minimum absolute atomic E-state index is 0.663. The number of rotatable bonds is 4. The van der Waals surface area contributed by atoms with E-state index in [0.717, 1.165) is 57.0 Å². The zero-order chi connectivity index (χ0) is 21.4. The van der Waals surface area contributed by atoms with Crippen molar-refractivity contribution in [2.75, 3.05) is 32.2 Å². The second kappa shape index (κ2) is 8.23. The number of fused-ring (bicyclic) bond motifs is 2. The molecule has 0 amide bonds. The first-order chi connectivity index (χ1) is 15.2. The molecule has 0 unspecified atom stereocenters. The van der Waals surface area contributed by atoms with Crippen LogP contribution in [0.5, 0.6) is 11.5 Å². The third-order valence-corrected chi connectivity index (χ3v) is 6.14. The van der Waals surface area contributed by atoms with Crippen molar-refractivity contribution >= 4 is 39.4 Å². The summed E-state index contributed by atoms with van der Waals surface area (Å²) >= 11 is 6.14. The fraction of sp³-hybridized carbons (Fsp3) is 0.280. The highest BCUT2D eigenvalue weighted by Gasteiger charge is 2.19. The molecule has 2 aromatic heterocycles. The summed E-state index contributed by atoms with van der Waals surface area (Å²) in [5, 5.41) is 2.70. The summed E-state index contributed by atoms with van der Waals surface area (Å²) in [6, 6.07) is 16.1. The van der Waals surface area contributed by atoms with E-state index < -0.39 is 0 Å². The van der Waals surface area contributed by atoms with Crippen molar-refractivity contribution in [3.05, 3.63) is 53.6 Å². The van der Waals surface area contributed by atoms with E-state index >= 15 is 0 Å². The average molecular weight is 434 g/mol. The van der Waals surface area contributed by atoms with Crippen molar-refractivity contribution in [2.45, 2.75) is 19.3 Å². The molecule has 4 aromatic rings. The molecule has 158 valence electrons. The third-order valence-electron chi connectivity index (χ3n) is 5.89. The first-order valence-electron chi connectivity index (χ1n) is 10.5. The van der Waals surface area contributed by atoms with Crippen LogP contribution in [0.2, 0.25) is 5.02 Å². The summed E-state index contributed by atoms with van der Waals surface area (Å²) in [7, 11) is 3.28. The van der Waals surface area contributed by atoms with Crippen LogP contribution in [-0.2, 0) is 0 Å². The Balaban J connectivity index is 1.74. The van der Waals surface area contributed by atoms with Crippen LogP contribution in [0.15, 0.2) is 48.5 Å². The van der Waals surface area contributed by atoms with Crippen molar-refractivity contribution in [2.24, 2.45) is 0 Å². The van der Waals surface area contributed by atoms with E-state index in [9.17, 15) is 0 Å². The van der Waals surface area contributed by atoms with Crippen LogP contribution in [0.1, 0.15) is 19.3 Å². The molecule has 0 radical (unpaired) electrons. The standard InChI is InChI=1S/C25H24ClN3O2/c1-30-22-14-17-12-18-13-20(16-6-8-19(26)9-7-16)25(29-10-4-3-5-11-29)28-24(18)27-21(17)15-23(22)31-2/h6-9,12-15H,3-5,10-11H2,1-2H3. The highest BCUT2D eigenvalue weighted by molar-refractivity contribution is 6.30. The van der Waals surface area contributed by atoms with Gasteiger partial charge < -0.3 is 14.4 Å². The highest BCUT2D eigenvalue weighted by Crippen LogP contribution is 2.37. The molecule has 0 saturated carbocycles. The molecule has 3 heterocycles. The van der Waals surface area contributed by atoms with Crippen molar-refractivity contribution in [1.82, 2.24) is 9.97 Å². The van der Waals surface area contributed by atoms with Gasteiger partial charge in [-0.3, -0.25) is 0 Å². The van der Waals surface area contributed by atoms with Gasteiger partial charge in [-0.25, -0.2) is 9.97 Å². The van der Waals surface area contributed by atoms with Gasteiger partial charge in [0.25, 0.3) is 0 Å². The fourth-order valence-electron chi connectivity index (χ4n) is 4.27. The van der Waals surface area contributed by atoms with Crippen LogP contribution >= 0.6 is 11.6 Å². The maximum absolute atomic E-state index is 6.14. The van der Waals surface area contributed by atoms with E-state index in [1.807, 2.05) is 24.3 Å². The number of hydrogen-bond acceptors (Lipinski definition) is 5. The number of pyridine rings is 2. The number of methoxy groups -OCH3 is 2. The zero-order valence-corrected chi connectivity index (χ0v) is 18.4. The number of halogens is 1. The van der Waals surface area contributed by atoms with E-state index in [2.05, 4.69) is 29.2 Å². The minimum Gasteiger partial charge on any atom is -0.493 e. The quantitative estimate of drug-likeness (QED) is 0.363. The van der Waals surface area contributed by atoms with Gasteiger partial charge in [0, 0.05) is 40.5 Å². The number of piperidine rings is 1. The molecule has 1 fully saturated rings. The van der Waals surface area contributed by atoms with Gasteiger partial charge in [-0.05, 0) is 55.2 Å². The summed E-state index contributed by atoms with van der Waals surface area (Å²) < 4.78 is 10.9. The number of nitrogens with zero attached hydrogens (tertiary/aromatic N) is 3. The van der Waals surface area contributed by atoms with Gasteiger partial charge >= 0.3 is 0 Å². The summed E-state index contributed by atoms with van der Waals surface area (Å²) in [5.41, 5.74) is 3.78. The van der Waals surface area contributed by atoms with Crippen LogP contribution in [0.25, 0.3) is 33.1 Å².